The lowest BCUT2D eigenvalue weighted by Gasteiger charge is -2.27. The van der Waals surface area contributed by atoms with Crippen LogP contribution in [0.15, 0.2) is 188 Å². The van der Waals surface area contributed by atoms with Crippen molar-refractivity contribution in [3.8, 4) is 22.3 Å². The van der Waals surface area contributed by atoms with E-state index in [0.29, 0.717) is 0 Å². The number of nitrogens with zero attached hydrogens (tertiary/aromatic N) is 1. The van der Waals surface area contributed by atoms with Crippen LogP contribution >= 0.6 is 0 Å². The van der Waals surface area contributed by atoms with Crippen molar-refractivity contribution in [2.24, 2.45) is 0 Å². The first-order chi connectivity index (χ1) is 23.3. The van der Waals surface area contributed by atoms with Gasteiger partial charge in [-0.25, -0.2) is 0 Å². The average molecular weight is 598 g/mol. The molecule has 0 atom stereocenters. The summed E-state index contributed by atoms with van der Waals surface area (Å²) in [5.74, 6) is 0. The lowest BCUT2D eigenvalue weighted by Crippen LogP contribution is -2.10. The third-order valence-corrected chi connectivity index (χ3v) is 9.40. The normalized spacial score (nSPS) is 11.4. The molecule has 0 saturated carbocycles. The van der Waals surface area contributed by atoms with Crippen molar-refractivity contribution in [2.45, 2.75) is 0 Å². The first-order valence-corrected chi connectivity index (χ1v) is 16.2. The zero-order chi connectivity index (χ0) is 31.2. The Morgan fingerprint density at radius 2 is 0.851 bits per heavy atom. The molecule has 47 heavy (non-hydrogen) atoms. The van der Waals surface area contributed by atoms with Gasteiger partial charge in [-0.3, -0.25) is 0 Å². The van der Waals surface area contributed by atoms with Gasteiger partial charge in [0.05, 0.1) is 0 Å². The summed E-state index contributed by atoms with van der Waals surface area (Å²) < 4.78 is 0. The number of hydrogen-bond donors (Lipinski definition) is 0. The van der Waals surface area contributed by atoms with Gasteiger partial charge in [0.1, 0.15) is 0 Å². The van der Waals surface area contributed by atoms with Crippen LogP contribution in [0.1, 0.15) is 0 Å². The fraction of sp³-hybridized carbons (Fsp3) is 0. The quantitative estimate of drug-likeness (QED) is 0.178. The zero-order valence-corrected chi connectivity index (χ0v) is 25.8. The van der Waals surface area contributed by atoms with Crippen LogP contribution in [0.3, 0.4) is 0 Å². The minimum absolute atomic E-state index is 1.11. The van der Waals surface area contributed by atoms with E-state index in [1.54, 1.807) is 0 Å². The molecule has 0 aliphatic rings. The number of rotatable bonds is 5. The molecule has 0 heterocycles. The van der Waals surface area contributed by atoms with Gasteiger partial charge in [-0.2, -0.15) is 0 Å². The van der Waals surface area contributed by atoms with Crippen LogP contribution in [0, 0.1) is 0 Å². The Bertz CT molecular complexity index is 2570. The summed E-state index contributed by atoms with van der Waals surface area (Å²) in [4.78, 5) is 2.38. The van der Waals surface area contributed by atoms with Gasteiger partial charge in [-0.05, 0) is 108 Å². The summed E-state index contributed by atoms with van der Waals surface area (Å²) in [7, 11) is 0. The topological polar surface area (TPSA) is 3.24 Å². The number of anilines is 3. The Hall–Kier alpha value is -6.18. The van der Waals surface area contributed by atoms with E-state index in [4.69, 9.17) is 0 Å². The highest BCUT2D eigenvalue weighted by Crippen LogP contribution is 2.41. The molecule has 0 aliphatic heterocycles. The monoisotopic (exact) mass is 597 g/mol. The van der Waals surface area contributed by atoms with Gasteiger partial charge >= 0.3 is 0 Å². The number of fused-ring (bicyclic) bond motifs is 5. The van der Waals surface area contributed by atoms with Crippen molar-refractivity contribution in [1.82, 2.24) is 0 Å². The van der Waals surface area contributed by atoms with E-state index in [9.17, 15) is 0 Å². The Kier molecular flexibility index (Phi) is 6.54. The van der Waals surface area contributed by atoms with Crippen molar-refractivity contribution >= 4 is 60.2 Å². The van der Waals surface area contributed by atoms with Crippen molar-refractivity contribution in [1.29, 1.82) is 0 Å². The van der Waals surface area contributed by atoms with Crippen molar-refractivity contribution in [3.05, 3.63) is 188 Å². The molecular formula is C46H31N. The van der Waals surface area contributed by atoms with E-state index in [0.717, 1.165) is 17.1 Å². The van der Waals surface area contributed by atoms with Crippen LogP contribution in [0.2, 0.25) is 0 Å². The van der Waals surface area contributed by atoms with Gasteiger partial charge in [0.2, 0.25) is 0 Å². The second kappa shape index (κ2) is 11.3. The molecule has 1 nitrogen and oxygen atoms in total. The molecule has 0 aromatic heterocycles. The minimum atomic E-state index is 1.11. The van der Waals surface area contributed by atoms with Crippen molar-refractivity contribution < 1.29 is 0 Å². The molecule has 9 aromatic carbocycles. The molecule has 0 unspecified atom stereocenters. The molecule has 1 heteroatoms. The zero-order valence-electron chi connectivity index (χ0n) is 25.8. The lowest BCUT2D eigenvalue weighted by molar-refractivity contribution is 1.29. The third kappa shape index (κ3) is 4.81. The highest BCUT2D eigenvalue weighted by Gasteiger charge is 2.16. The summed E-state index contributed by atoms with van der Waals surface area (Å²) >= 11 is 0. The standard InChI is InChI=1S/C46H31N/c1-2-13-35-29-40(28-23-32(35)11-1)47(39-17-9-16-36(30-39)42-22-10-15-33-12-3-5-18-41(33)42)38-26-24-34(25-27-38)46-31-37-14-4-6-19-43(37)44-20-7-8-21-45(44)46/h1-31H. The fourth-order valence-electron chi connectivity index (χ4n) is 7.14. The minimum Gasteiger partial charge on any atom is -0.310 e. The van der Waals surface area contributed by atoms with Crippen LogP contribution in [0.4, 0.5) is 17.1 Å². The van der Waals surface area contributed by atoms with Gasteiger partial charge < -0.3 is 4.90 Å². The van der Waals surface area contributed by atoms with Gasteiger partial charge in [0.25, 0.3) is 0 Å². The molecule has 0 N–H and O–H groups in total. The lowest BCUT2D eigenvalue weighted by atomic mass is 9.93. The van der Waals surface area contributed by atoms with E-state index in [1.807, 2.05) is 0 Å². The molecule has 9 rings (SSSR count). The largest absolute Gasteiger partial charge is 0.310 e. The number of hydrogen-bond acceptors (Lipinski definition) is 1. The predicted octanol–water partition coefficient (Wildman–Crippen LogP) is 13.1. The first kappa shape index (κ1) is 27.2. The Balaban J connectivity index is 1.20. The van der Waals surface area contributed by atoms with Gasteiger partial charge in [0, 0.05) is 17.1 Å². The molecule has 0 amide bonds. The Morgan fingerprint density at radius 3 is 1.68 bits per heavy atom. The predicted molar refractivity (Wildman–Crippen MR) is 202 cm³/mol. The Morgan fingerprint density at radius 1 is 0.255 bits per heavy atom. The summed E-state index contributed by atoms with van der Waals surface area (Å²) in [6.45, 7) is 0. The van der Waals surface area contributed by atoms with Crippen molar-refractivity contribution in [3.63, 3.8) is 0 Å². The number of benzene rings is 9. The van der Waals surface area contributed by atoms with Crippen LogP contribution in [-0.2, 0) is 0 Å². The van der Waals surface area contributed by atoms with Crippen molar-refractivity contribution in [2.75, 3.05) is 4.90 Å². The van der Waals surface area contributed by atoms with E-state index in [1.165, 1.54) is 65.3 Å². The van der Waals surface area contributed by atoms with Gasteiger partial charge in [0.15, 0.2) is 0 Å². The molecule has 220 valence electrons. The molecule has 9 aromatic rings. The average Bonchev–Trinajstić information content (AvgIpc) is 3.15. The smallest absolute Gasteiger partial charge is 0.0468 e. The summed E-state index contributed by atoms with van der Waals surface area (Å²) in [6.07, 6.45) is 0. The third-order valence-electron chi connectivity index (χ3n) is 9.40. The Labute approximate surface area is 274 Å². The van der Waals surface area contributed by atoms with E-state index >= 15 is 0 Å². The molecule has 0 bridgehead atoms. The summed E-state index contributed by atoms with van der Waals surface area (Å²) in [5.41, 5.74) is 8.26. The molecule has 0 fully saturated rings. The van der Waals surface area contributed by atoms with Crippen LogP contribution in [0.5, 0.6) is 0 Å². The van der Waals surface area contributed by atoms with E-state index < -0.39 is 0 Å². The van der Waals surface area contributed by atoms with E-state index in [-0.39, 0.29) is 0 Å². The highest BCUT2D eigenvalue weighted by molar-refractivity contribution is 6.13. The maximum absolute atomic E-state index is 2.38. The molecule has 0 aliphatic carbocycles. The van der Waals surface area contributed by atoms with E-state index in [2.05, 4.69) is 193 Å². The maximum Gasteiger partial charge on any atom is 0.0468 e. The fourth-order valence-corrected chi connectivity index (χ4v) is 7.14. The molecule has 0 spiro atoms. The van der Waals surface area contributed by atoms with Crippen LogP contribution in [-0.4, -0.2) is 0 Å². The highest BCUT2D eigenvalue weighted by atomic mass is 15.1. The molecule has 0 saturated heterocycles. The molecular weight excluding hydrogens is 567 g/mol. The van der Waals surface area contributed by atoms with Crippen LogP contribution < -0.4 is 4.90 Å². The maximum atomic E-state index is 2.38. The summed E-state index contributed by atoms with van der Waals surface area (Å²) in [6, 6.07) is 68.3. The van der Waals surface area contributed by atoms with Gasteiger partial charge in [-0.1, -0.05) is 146 Å². The SMILES string of the molecule is c1cc(-c2cccc3ccccc23)cc(N(c2ccc(-c3cc4ccccc4c4ccccc34)cc2)c2ccc3ccccc3c2)c1. The van der Waals surface area contributed by atoms with Crippen LogP contribution in [0.25, 0.3) is 65.3 Å². The summed E-state index contributed by atoms with van der Waals surface area (Å²) in [5, 5.41) is 10.1. The second-order valence-corrected chi connectivity index (χ2v) is 12.2. The first-order valence-electron chi connectivity index (χ1n) is 16.2. The second-order valence-electron chi connectivity index (χ2n) is 12.2. The van der Waals surface area contributed by atoms with Gasteiger partial charge in [-0.15, -0.1) is 0 Å². The molecule has 0 radical (unpaired) electrons.